The summed E-state index contributed by atoms with van der Waals surface area (Å²) in [6, 6.07) is 0. The molecule has 1 heterocycles. The minimum atomic E-state index is 0.300. The number of hydrogen-bond donors (Lipinski definition) is 0. The number of ether oxygens (including phenoxy) is 1. The van der Waals surface area contributed by atoms with Crippen molar-refractivity contribution < 1.29 is 4.74 Å². The molecule has 0 saturated heterocycles. The molecular formula is C10H13ClN2O. The van der Waals surface area contributed by atoms with E-state index >= 15 is 0 Å². The van der Waals surface area contributed by atoms with Crippen LogP contribution in [0.2, 0.25) is 5.28 Å². The SMILES string of the molecule is CCOc1nc(Cl)nc2c1CCCC2. The van der Waals surface area contributed by atoms with Gasteiger partial charge in [-0.2, -0.15) is 4.98 Å². The van der Waals surface area contributed by atoms with Gasteiger partial charge in [0.15, 0.2) is 0 Å². The third-order valence-corrected chi connectivity index (χ3v) is 2.57. The van der Waals surface area contributed by atoms with Crippen LogP contribution >= 0.6 is 11.6 Å². The molecule has 2 rings (SSSR count). The number of rotatable bonds is 2. The molecule has 0 aliphatic heterocycles. The van der Waals surface area contributed by atoms with E-state index in [1.54, 1.807) is 0 Å². The van der Waals surface area contributed by atoms with Gasteiger partial charge in [-0.25, -0.2) is 4.98 Å². The Morgan fingerprint density at radius 3 is 2.86 bits per heavy atom. The number of nitrogens with zero attached hydrogens (tertiary/aromatic N) is 2. The van der Waals surface area contributed by atoms with Gasteiger partial charge in [0.1, 0.15) is 0 Å². The molecule has 14 heavy (non-hydrogen) atoms. The Hall–Kier alpha value is -0.830. The van der Waals surface area contributed by atoms with E-state index in [4.69, 9.17) is 16.3 Å². The summed E-state index contributed by atoms with van der Waals surface area (Å²) in [7, 11) is 0. The first kappa shape index (κ1) is 9.71. The molecule has 76 valence electrons. The first-order valence-corrected chi connectivity index (χ1v) is 5.37. The molecule has 1 aliphatic carbocycles. The Morgan fingerprint density at radius 2 is 2.07 bits per heavy atom. The Balaban J connectivity index is 2.41. The zero-order valence-electron chi connectivity index (χ0n) is 8.22. The molecule has 0 spiro atoms. The fourth-order valence-corrected chi connectivity index (χ4v) is 1.97. The minimum absolute atomic E-state index is 0.300. The lowest BCUT2D eigenvalue weighted by Gasteiger charge is -2.17. The molecule has 1 aromatic rings. The van der Waals surface area contributed by atoms with Crippen molar-refractivity contribution in [3.8, 4) is 5.88 Å². The summed E-state index contributed by atoms with van der Waals surface area (Å²) in [4.78, 5) is 8.34. The van der Waals surface area contributed by atoms with E-state index in [0.717, 1.165) is 24.1 Å². The third-order valence-electron chi connectivity index (χ3n) is 2.40. The van der Waals surface area contributed by atoms with Crippen molar-refractivity contribution >= 4 is 11.6 Å². The molecule has 0 amide bonds. The van der Waals surface area contributed by atoms with Crippen LogP contribution in [0.3, 0.4) is 0 Å². The topological polar surface area (TPSA) is 35.0 Å². The number of halogens is 1. The maximum atomic E-state index is 5.82. The highest BCUT2D eigenvalue weighted by Gasteiger charge is 2.17. The molecule has 0 aromatic carbocycles. The molecule has 0 fully saturated rings. The van der Waals surface area contributed by atoms with Gasteiger partial charge in [0.25, 0.3) is 0 Å². The molecule has 1 aromatic heterocycles. The van der Waals surface area contributed by atoms with E-state index in [1.165, 1.54) is 12.8 Å². The van der Waals surface area contributed by atoms with Crippen molar-refractivity contribution in [1.82, 2.24) is 9.97 Å². The van der Waals surface area contributed by atoms with Crippen LogP contribution in [0.5, 0.6) is 5.88 Å². The van der Waals surface area contributed by atoms with E-state index in [-0.39, 0.29) is 0 Å². The summed E-state index contributed by atoms with van der Waals surface area (Å²) in [5.41, 5.74) is 2.22. The Bertz CT molecular complexity index is 341. The maximum absolute atomic E-state index is 5.82. The summed E-state index contributed by atoms with van der Waals surface area (Å²) >= 11 is 5.82. The van der Waals surface area contributed by atoms with Gasteiger partial charge in [-0.3, -0.25) is 0 Å². The van der Waals surface area contributed by atoms with Gasteiger partial charge < -0.3 is 4.74 Å². The van der Waals surface area contributed by atoms with Crippen LogP contribution in [-0.2, 0) is 12.8 Å². The van der Waals surface area contributed by atoms with Gasteiger partial charge in [-0.1, -0.05) is 0 Å². The van der Waals surface area contributed by atoms with Crippen LogP contribution in [0.1, 0.15) is 31.0 Å². The Labute approximate surface area is 88.5 Å². The van der Waals surface area contributed by atoms with Crippen molar-refractivity contribution in [3.05, 3.63) is 16.5 Å². The smallest absolute Gasteiger partial charge is 0.225 e. The monoisotopic (exact) mass is 212 g/mol. The Morgan fingerprint density at radius 1 is 1.29 bits per heavy atom. The van der Waals surface area contributed by atoms with Crippen molar-refractivity contribution in [3.63, 3.8) is 0 Å². The van der Waals surface area contributed by atoms with Gasteiger partial charge in [0.05, 0.1) is 12.3 Å². The van der Waals surface area contributed by atoms with Crippen molar-refractivity contribution in [1.29, 1.82) is 0 Å². The molecule has 3 nitrogen and oxygen atoms in total. The summed E-state index contributed by atoms with van der Waals surface area (Å²) < 4.78 is 5.45. The molecule has 0 bridgehead atoms. The largest absolute Gasteiger partial charge is 0.478 e. The van der Waals surface area contributed by atoms with Crippen LogP contribution in [0.4, 0.5) is 0 Å². The minimum Gasteiger partial charge on any atom is -0.478 e. The van der Waals surface area contributed by atoms with Gasteiger partial charge >= 0.3 is 0 Å². The zero-order valence-corrected chi connectivity index (χ0v) is 8.97. The number of aromatic nitrogens is 2. The first-order valence-electron chi connectivity index (χ1n) is 4.99. The average molecular weight is 213 g/mol. The molecule has 0 unspecified atom stereocenters. The van der Waals surface area contributed by atoms with Gasteiger partial charge in [-0.15, -0.1) is 0 Å². The quantitative estimate of drug-likeness (QED) is 0.707. The second kappa shape index (κ2) is 4.13. The van der Waals surface area contributed by atoms with E-state index < -0.39 is 0 Å². The third kappa shape index (κ3) is 1.82. The predicted octanol–water partition coefficient (Wildman–Crippen LogP) is 2.41. The average Bonchev–Trinajstić information content (AvgIpc) is 2.18. The molecular weight excluding hydrogens is 200 g/mol. The standard InChI is InChI=1S/C10H13ClN2O/c1-2-14-9-7-5-3-4-6-8(7)12-10(11)13-9/h2-6H2,1H3. The summed E-state index contributed by atoms with van der Waals surface area (Å²) in [6.07, 6.45) is 4.39. The molecule has 1 aliphatic rings. The van der Waals surface area contributed by atoms with Crippen LogP contribution < -0.4 is 4.74 Å². The van der Waals surface area contributed by atoms with Crippen LogP contribution in [0.15, 0.2) is 0 Å². The lowest BCUT2D eigenvalue weighted by Crippen LogP contribution is -2.10. The van der Waals surface area contributed by atoms with E-state index in [2.05, 4.69) is 9.97 Å². The molecule has 0 saturated carbocycles. The van der Waals surface area contributed by atoms with Crippen LogP contribution in [0, 0.1) is 0 Å². The highest BCUT2D eigenvalue weighted by Crippen LogP contribution is 2.27. The van der Waals surface area contributed by atoms with Crippen molar-refractivity contribution in [2.24, 2.45) is 0 Å². The molecule has 0 radical (unpaired) electrons. The van der Waals surface area contributed by atoms with E-state index in [1.807, 2.05) is 6.92 Å². The number of hydrogen-bond acceptors (Lipinski definition) is 3. The number of fused-ring (bicyclic) bond motifs is 1. The lowest BCUT2D eigenvalue weighted by molar-refractivity contribution is 0.319. The number of aryl methyl sites for hydroxylation is 1. The fourth-order valence-electron chi connectivity index (χ4n) is 1.79. The van der Waals surface area contributed by atoms with Crippen molar-refractivity contribution in [2.75, 3.05) is 6.61 Å². The lowest BCUT2D eigenvalue weighted by atomic mass is 9.97. The normalized spacial score (nSPS) is 15.0. The fraction of sp³-hybridized carbons (Fsp3) is 0.600. The second-order valence-corrected chi connectivity index (χ2v) is 3.70. The van der Waals surface area contributed by atoms with Gasteiger partial charge in [-0.05, 0) is 44.2 Å². The predicted molar refractivity (Wildman–Crippen MR) is 54.9 cm³/mol. The highest BCUT2D eigenvalue weighted by atomic mass is 35.5. The zero-order chi connectivity index (χ0) is 9.97. The summed E-state index contributed by atoms with van der Waals surface area (Å²) in [6.45, 7) is 2.57. The van der Waals surface area contributed by atoms with E-state index in [0.29, 0.717) is 17.8 Å². The molecule has 0 N–H and O–H groups in total. The van der Waals surface area contributed by atoms with Crippen molar-refractivity contribution in [2.45, 2.75) is 32.6 Å². The second-order valence-electron chi connectivity index (χ2n) is 3.36. The van der Waals surface area contributed by atoms with E-state index in [9.17, 15) is 0 Å². The molecule has 4 heteroatoms. The van der Waals surface area contributed by atoms with Gasteiger partial charge in [0, 0.05) is 5.56 Å². The highest BCUT2D eigenvalue weighted by molar-refractivity contribution is 6.28. The van der Waals surface area contributed by atoms with Crippen LogP contribution in [-0.4, -0.2) is 16.6 Å². The molecule has 0 atom stereocenters. The maximum Gasteiger partial charge on any atom is 0.225 e. The first-order chi connectivity index (χ1) is 6.81. The Kier molecular flexibility index (Phi) is 2.87. The summed E-state index contributed by atoms with van der Waals surface area (Å²) in [5, 5.41) is 0.300. The van der Waals surface area contributed by atoms with Crippen LogP contribution in [0.25, 0.3) is 0 Å². The van der Waals surface area contributed by atoms with Gasteiger partial charge in [0.2, 0.25) is 11.2 Å². The summed E-state index contributed by atoms with van der Waals surface area (Å²) in [5.74, 6) is 0.683.